The number of nitrogens with one attached hydrogen (secondary N) is 6. The molecule has 13 rings (SSSR count). The number of amides is 1. The number of halogens is 14. The summed E-state index contributed by atoms with van der Waals surface area (Å²) in [5, 5.41) is 46.6. The molecule has 34 heteroatoms. The maximum absolute atomic E-state index is 13.8. The number of aryl methyl sites for hydroxylation is 2. The van der Waals surface area contributed by atoms with Crippen molar-refractivity contribution in [3.05, 3.63) is 181 Å². The van der Waals surface area contributed by atoms with Crippen LogP contribution in [0.3, 0.4) is 0 Å². The van der Waals surface area contributed by atoms with E-state index in [2.05, 4.69) is 89.4 Å². The lowest BCUT2D eigenvalue weighted by Crippen LogP contribution is -2.46. The van der Waals surface area contributed by atoms with E-state index < -0.39 is 51.1 Å². The summed E-state index contributed by atoms with van der Waals surface area (Å²) in [5.74, 6) is -0.459. The van der Waals surface area contributed by atoms with E-state index >= 15 is 0 Å². The number of aliphatic carboxylic acids is 1. The van der Waals surface area contributed by atoms with Gasteiger partial charge in [0.1, 0.15) is 52.1 Å². The summed E-state index contributed by atoms with van der Waals surface area (Å²) >= 11 is 47.3. The van der Waals surface area contributed by atoms with E-state index in [9.17, 15) is 40.7 Å². The summed E-state index contributed by atoms with van der Waals surface area (Å²) in [7, 11) is 0. The molecule has 11 N–H and O–H groups in total. The number of Topliss-reactive ketones (excluding diaryl/α,β-unsaturated/α-hetero) is 1. The van der Waals surface area contributed by atoms with Crippen molar-refractivity contribution in [2.75, 3.05) is 32.3 Å². The van der Waals surface area contributed by atoms with Crippen LogP contribution in [0.4, 0.5) is 60.5 Å². The summed E-state index contributed by atoms with van der Waals surface area (Å²) in [6, 6.07) is 14.7. The Bertz CT molecular complexity index is 4620. The topological polar surface area (TPSA) is 269 Å². The molecule has 5 aliphatic rings. The average Bonchev–Trinajstić information content (AvgIpc) is 1.50. The molecule has 560 valence electrons. The minimum absolute atomic E-state index is 0. The number of nitrogens with zero attached hydrogens (tertiary/aromatic N) is 7. The molecule has 7 heterocycles. The van der Waals surface area contributed by atoms with Gasteiger partial charge >= 0.3 is 5.97 Å². The predicted molar refractivity (Wildman–Crippen MR) is 417 cm³/mol. The molecule has 0 aliphatic carbocycles. The van der Waals surface area contributed by atoms with Crippen molar-refractivity contribution in [2.24, 2.45) is 10.8 Å². The normalized spacial score (nSPS) is 16.0. The van der Waals surface area contributed by atoms with Crippen LogP contribution in [-0.2, 0) is 44.7 Å². The summed E-state index contributed by atoms with van der Waals surface area (Å²) in [5.41, 5.74) is 17.7. The molecule has 0 bridgehead atoms. The molecule has 104 heavy (non-hydrogen) atoms. The van der Waals surface area contributed by atoms with Crippen LogP contribution in [-0.4, -0.2) is 85.0 Å². The molecular weight excluding hydrogens is 1630 g/mol. The van der Waals surface area contributed by atoms with Gasteiger partial charge < -0.3 is 43.2 Å². The number of ketones is 1. The van der Waals surface area contributed by atoms with Gasteiger partial charge in [-0.15, -0.1) is 20.4 Å². The SMILES string of the molecule is C.CC(=O)N/N=C1\Cc2c(Cl)cc(F)cc2NC1(C)C.CC(C)(N)C(=O)O.CC1(C)Nc2cc(F)cc(Cl)c2CC1=O.CC1(C)Nc2cc(F)cc(Cl)c2CC1=S.Cc1nnc2n1-c1c(Cl)cc(F)cc1NC2(C)C.Cc1nnc2n1-c1c(cc(F)c(Br)c1Cl)NC2(C)C.Nc1c(Cl)cc(F)cc1Br. The van der Waals surface area contributed by atoms with Crippen molar-refractivity contribution < 1.29 is 45.8 Å². The maximum atomic E-state index is 13.8. The smallest absolute Gasteiger partial charge is 0.323 e. The third kappa shape index (κ3) is 20.0. The fraction of sp³-hybridized carbons (Fsp3) is 0.357. The number of benzene rings is 6. The van der Waals surface area contributed by atoms with Crippen molar-refractivity contribution in [3.8, 4) is 11.4 Å². The Balaban J connectivity index is 0.000000194. The Morgan fingerprint density at radius 2 is 0.933 bits per heavy atom. The number of rotatable bonds is 2. The molecule has 0 fully saturated rings. The number of hydrogen-bond acceptors (Lipinski definition) is 16. The van der Waals surface area contributed by atoms with Crippen LogP contribution in [0, 0.1) is 48.8 Å². The van der Waals surface area contributed by atoms with E-state index in [1.54, 1.807) is 13.8 Å². The van der Waals surface area contributed by atoms with Gasteiger partial charge in [0.15, 0.2) is 17.4 Å². The summed E-state index contributed by atoms with van der Waals surface area (Å²) in [4.78, 5) is 33.4. The molecule has 5 aliphatic heterocycles. The van der Waals surface area contributed by atoms with E-state index in [-0.39, 0.29) is 58.0 Å². The largest absolute Gasteiger partial charge is 0.480 e. The first-order chi connectivity index (χ1) is 47.4. The number of nitrogens with two attached hydrogens (primary N) is 2. The zero-order valence-electron chi connectivity index (χ0n) is 58.1. The zero-order chi connectivity index (χ0) is 77.5. The van der Waals surface area contributed by atoms with Crippen molar-refractivity contribution >= 4 is 176 Å². The standard InChI is InChI=1S/C13H15ClFN3O.C12H11BrClFN4.C12H12ClFN4.C11H11ClFNO.C11H11ClFNS.C6H4BrClFN.C4H9NO2.CH4/c1-7(19)17-18-12-6-9-10(14)4-8(15)5-11(9)16-13(12,2)3;1-5-17-18-11-12(2,3)16-7-4-6(15)8(13)9(14)10(7)19(5)11;1-6-16-17-11-12(2,3)15-9-5-7(14)4-8(13)10(9)18(6)11;2*1-11(2)10(15)5-7-8(12)3-6(13)4-9(7)14-11;7-4-1-3(9)2-5(8)6(4)10;1-4(2,5)3(6)7;/h4-5,16H,6H2,1-3H3,(H,17,19);4,16H,1-3H3;4-5,15H,1-3H3;2*3-4,14H,5H2,1-2H3;1-2H,10H2;5H2,1-2H3,(H,6,7);1H4/b18-12+;;;;;;;. The van der Waals surface area contributed by atoms with Crippen LogP contribution in [0.2, 0.25) is 30.1 Å². The molecule has 19 nitrogen and oxygen atoms in total. The number of carboxylic acids is 1. The molecule has 1 amide bonds. The Kier molecular flexibility index (Phi) is 27.3. The fourth-order valence-electron chi connectivity index (χ4n) is 10.6. The van der Waals surface area contributed by atoms with Gasteiger partial charge in [-0.3, -0.25) is 23.5 Å². The number of carbonyl (C=O) groups excluding carboxylic acids is 2. The molecule has 6 aromatic carbocycles. The van der Waals surface area contributed by atoms with E-state index in [0.29, 0.717) is 93.6 Å². The monoisotopic (exact) mass is 1710 g/mol. The van der Waals surface area contributed by atoms with Crippen molar-refractivity contribution in [1.82, 2.24) is 35.0 Å². The van der Waals surface area contributed by atoms with Crippen LogP contribution < -0.4 is 43.5 Å². The van der Waals surface area contributed by atoms with Crippen LogP contribution >= 0.6 is 114 Å². The maximum Gasteiger partial charge on any atom is 0.323 e. The number of hydrazone groups is 1. The molecule has 2 aromatic heterocycles. The third-order valence-corrected chi connectivity index (χ3v) is 20.5. The second-order valence-electron chi connectivity index (χ2n) is 27.4. The van der Waals surface area contributed by atoms with Gasteiger partial charge in [0.05, 0.1) is 81.4 Å². The van der Waals surface area contributed by atoms with Gasteiger partial charge in [0.2, 0.25) is 5.91 Å². The van der Waals surface area contributed by atoms with E-state index in [4.69, 9.17) is 98.4 Å². The van der Waals surface area contributed by atoms with Gasteiger partial charge in [0, 0.05) is 79.3 Å². The van der Waals surface area contributed by atoms with Crippen LogP contribution in [0.5, 0.6) is 0 Å². The third-order valence-electron chi connectivity index (χ3n) is 16.2. The summed E-state index contributed by atoms with van der Waals surface area (Å²) in [6.45, 7) is 27.2. The number of carboxylic acid groups (broad SMARTS) is 1. The van der Waals surface area contributed by atoms with Gasteiger partial charge in [-0.1, -0.05) is 89.3 Å². The van der Waals surface area contributed by atoms with Gasteiger partial charge in [-0.25, -0.2) is 31.8 Å². The molecule has 0 saturated heterocycles. The van der Waals surface area contributed by atoms with Crippen molar-refractivity contribution in [2.45, 2.75) is 164 Å². The number of hydrogen-bond donors (Lipinski definition) is 9. The number of nitrogen functional groups attached to an aromatic ring is 1. The highest BCUT2D eigenvalue weighted by molar-refractivity contribution is 9.11. The Hall–Kier alpha value is -6.99. The van der Waals surface area contributed by atoms with Crippen LogP contribution in [0.25, 0.3) is 11.4 Å². The highest BCUT2D eigenvalue weighted by Crippen LogP contribution is 2.46. The average molecular weight is 1710 g/mol. The molecule has 0 unspecified atom stereocenters. The lowest BCUT2D eigenvalue weighted by Gasteiger charge is -2.35. The van der Waals surface area contributed by atoms with Gasteiger partial charge in [-0.2, -0.15) is 5.10 Å². The summed E-state index contributed by atoms with van der Waals surface area (Å²) < 4.78 is 83.7. The Morgan fingerprint density at radius 1 is 0.567 bits per heavy atom. The number of carbonyl (C=O) groups is 3. The first-order valence-corrected chi connectivity index (χ1v) is 35.3. The predicted octanol–water partition coefficient (Wildman–Crippen LogP) is 19.2. The first kappa shape index (κ1) is 85.9. The first-order valence-electron chi connectivity index (χ1n) is 31.1. The lowest BCUT2D eigenvalue weighted by molar-refractivity contribution is -0.142. The van der Waals surface area contributed by atoms with Gasteiger partial charge in [-0.05, 0) is 201 Å². The van der Waals surface area contributed by atoms with Gasteiger partial charge in [0.25, 0.3) is 0 Å². The summed E-state index contributed by atoms with van der Waals surface area (Å²) in [6.07, 6.45) is 1.35. The van der Waals surface area contributed by atoms with Crippen molar-refractivity contribution in [3.63, 3.8) is 0 Å². The minimum Gasteiger partial charge on any atom is -0.480 e. The Morgan fingerprint density at radius 3 is 1.38 bits per heavy atom. The highest BCUT2D eigenvalue weighted by Gasteiger charge is 2.39. The Labute approximate surface area is 650 Å². The lowest BCUT2D eigenvalue weighted by atomic mass is 9.87. The van der Waals surface area contributed by atoms with E-state index in [0.717, 1.165) is 44.9 Å². The van der Waals surface area contributed by atoms with Crippen molar-refractivity contribution in [1.29, 1.82) is 0 Å². The second kappa shape index (κ2) is 33.0. The number of aromatic nitrogens is 6. The van der Waals surface area contributed by atoms with E-state index in [1.165, 1.54) is 87.5 Å². The number of anilines is 6. The molecule has 0 saturated carbocycles. The molecule has 8 aromatic rings. The molecule has 0 spiro atoms. The molecule has 0 radical (unpaired) electrons. The molecule has 0 atom stereocenters. The quantitative estimate of drug-likeness (QED) is 0.0256. The fourth-order valence-corrected chi connectivity index (χ4v) is 13.2. The number of fused-ring (bicyclic) bond motifs is 9. The molecular formula is C70H77Br2Cl6F6N15O4S. The zero-order valence-corrected chi connectivity index (χ0v) is 66.7. The van der Waals surface area contributed by atoms with Crippen LogP contribution in [0.15, 0.2) is 80.8 Å². The second-order valence-corrected chi connectivity index (χ2v) is 31.9. The minimum atomic E-state index is -1.08. The highest BCUT2D eigenvalue weighted by atomic mass is 79.9. The van der Waals surface area contributed by atoms with E-state index in [1.807, 2.05) is 78.4 Å². The number of thiocarbonyl (C=S) groups is 1. The van der Waals surface area contributed by atoms with Crippen LogP contribution in [0.1, 0.15) is 137 Å².